The molecule has 0 aliphatic carbocycles. The highest BCUT2D eigenvalue weighted by atomic mass is 16.3. The molecule has 0 saturated carbocycles. The molecule has 0 unspecified atom stereocenters. The molecule has 0 aliphatic rings. The maximum atomic E-state index is 6.64. The van der Waals surface area contributed by atoms with Crippen molar-refractivity contribution in [2.24, 2.45) is 0 Å². The molecule has 11 aromatic rings. The molecule has 59 heavy (non-hydrogen) atoms. The van der Waals surface area contributed by atoms with Gasteiger partial charge in [0.15, 0.2) is 0 Å². The molecular formula is C56H36N2O. The normalized spacial score (nSPS) is 11.3. The largest absolute Gasteiger partial charge is 0.456 e. The molecule has 2 aromatic heterocycles. The lowest BCUT2D eigenvalue weighted by molar-refractivity contribution is 0.669. The van der Waals surface area contributed by atoms with Crippen LogP contribution >= 0.6 is 0 Å². The van der Waals surface area contributed by atoms with Crippen LogP contribution in [0.1, 0.15) is 11.1 Å². The Morgan fingerprint density at radius 3 is 1.69 bits per heavy atom. The number of rotatable bonds is 6. The third-order valence-electron chi connectivity index (χ3n) is 11.2. The first kappa shape index (κ1) is 34.2. The first-order valence-electron chi connectivity index (χ1n) is 19.9. The summed E-state index contributed by atoms with van der Waals surface area (Å²) in [5, 5.41) is 4.51. The molecule has 0 atom stereocenters. The molecule has 276 valence electrons. The highest BCUT2D eigenvalue weighted by molar-refractivity contribution is 6.16. The summed E-state index contributed by atoms with van der Waals surface area (Å²) in [6.07, 6.45) is 0. The Labute approximate surface area is 342 Å². The third-order valence-corrected chi connectivity index (χ3v) is 11.2. The molecule has 2 heterocycles. The Morgan fingerprint density at radius 1 is 0.407 bits per heavy atom. The summed E-state index contributed by atoms with van der Waals surface area (Å²) < 4.78 is 8.98. The summed E-state index contributed by atoms with van der Waals surface area (Å²) in [6, 6.07) is 76.7. The fourth-order valence-electron chi connectivity index (χ4n) is 8.57. The van der Waals surface area contributed by atoms with E-state index in [1.54, 1.807) is 0 Å². The van der Waals surface area contributed by atoms with Crippen molar-refractivity contribution in [3.63, 3.8) is 0 Å². The van der Waals surface area contributed by atoms with E-state index in [4.69, 9.17) is 4.42 Å². The maximum Gasteiger partial charge on any atom is 0.136 e. The van der Waals surface area contributed by atoms with Crippen LogP contribution < -0.4 is 4.90 Å². The number of hydrogen-bond acceptors (Lipinski definition) is 2. The van der Waals surface area contributed by atoms with E-state index in [1.807, 2.05) is 12.1 Å². The van der Waals surface area contributed by atoms with E-state index in [0.29, 0.717) is 0 Å². The molecule has 0 spiro atoms. The van der Waals surface area contributed by atoms with Crippen molar-refractivity contribution in [2.45, 2.75) is 0 Å². The second-order valence-electron chi connectivity index (χ2n) is 14.7. The number of para-hydroxylation sites is 5. The summed E-state index contributed by atoms with van der Waals surface area (Å²) >= 11 is 0. The summed E-state index contributed by atoms with van der Waals surface area (Å²) in [6.45, 7) is 0. The average Bonchev–Trinajstić information content (AvgIpc) is 3.85. The molecule has 0 saturated heterocycles. The van der Waals surface area contributed by atoms with Gasteiger partial charge in [0.1, 0.15) is 11.2 Å². The molecule has 0 amide bonds. The number of aromatic nitrogens is 1. The fraction of sp³-hybridized carbons (Fsp3) is 0. The zero-order chi connectivity index (χ0) is 39.1. The van der Waals surface area contributed by atoms with Gasteiger partial charge in [-0.1, -0.05) is 145 Å². The third kappa shape index (κ3) is 6.03. The van der Waals surface area contributed by atoms with Crippen LogP contribution in [0.4, 0.5) is 17.1 Å². The second kappa shape index (κ2) is 14.5. The van der Waals surface area contributed by atoms with E-state index in [1.165, 1.54) is 16.3 Å². The molecule has 9 aromatic carbocycles. The van der Waals surface area contributed by atoms with Gasteiger partial charge in [0.05, 0.1) is 11.0 Å². The minimum Gasteiger partial charge on any atom is -0.456 e. The van der Waals surface area contributed by atoms with Gasteiger partial charge in [-0.25, -0.2) is 0 Å². The maximum absolute atomic E-state index is 6.64. The van der Waals surface area contributed by atoms with Gasteiger partial charge in [0.2, 0.25) is 0 Å². The first-order valence-corrected chi connectivity index (χ1v) is 19.9. The zero-order valence-electron chi connectivity index (χ0n) is 32.1. The van der Waals surface area contributed by atoms with Crippen molar-refractivity contribution in [1.82, 2.24) is 4.57 Å². The van der Waals surface area contributed by atoms with Gasteiger partial charge in [0, 0.05) is 66.5 Å². The fourth-order valence-corrected chi connectivity index (χ4v) is 8.57. The van der Waals surface area contributed by atoms with E-state index in [-0.39, 0.29) is 0 Å². The first-order chi connectivity index (χ1) is 29.3. The Kier molecular flexibility index (Phi) is 8.39. The van der Waals surface area contributed by atoms with E-state index < -0.39 is 0 Å². The van der Waals surface area contributed by atoms with Crippen LogP contribution in [0.15, 0.2) is 223 Å². The van der Waals surface area contributed by atoms with Crippen LogP contribution in [0.5, 0.6) is 0 Å². The van der Waals surface area contributed by atoms with Crippen molar-refractivity contribution in [1.29, 1.82) is 0 Å². The highest BCUT2D eigenvalue weighted by Crippen LogP contribution is 2.44. The number of nitrogens with zero attached hydrogens (tertiary/aromatic N) is 2. The molecule has 3 heteroatoms. The van der Waals surface area contributed by atoms with Crippen molar-refractivity contribution in [2.75, 3.05) is 4.90 Å². The minimum absolute atomic E-state index is 0.833. The zero-order valence-corrected chi connectivity index (χ0v) is 32.1. The van der Waals surface area contributed by atoms with Crippen LogP contribution in [-0.2, 0) is 0 Å². The Morgan fingerprint density at radius 2 is 0.983 bits per heavy atom. The number of benzene rings is 9. The molecule has 11 rings (SSSR count). The molecule has 0 bridgehead atoms. The lowest BCUT2D eigenvalue weighted by atomic mass is 9.88. The lowest BCUT2D eigenvalue weighted by Gasteiger charge is -2.25. The van der Waals surface area contributed by atoms with Gasteiger partial charge in [-0.2, -0.15) is 0 Å². The Bertz CT molecular complexity index is 3310. The van der Waals surface area contributed by atoms with Crippen LogP contribution in [0.2, 0.25) is 0 Å². The van der Waals surface area contributed by atoms with Crippen LogP contribution in [0, 0.1) is 11.8 Å². The topological polar surface area (TPSA) is 21.3 Å². The molecule has 0 fully saturated rings. The van der Waals surface area contributed by atoms with Gasteiger partial charge >= 0.3 is 0 Å². The van der Waals surface area contributed by atoms with Gasteiger partial charge in [-0.15, -0.1) is 0 Å². The van der Waals surface area contributed by atoms with E-state index in [9.17, 15) is 0 Å². The molecule has 3 nitrogen and oxygen atoms in total. The van der Waals surface area contributed by atoms with Crippen molar-refractivity contribution >= 4 is 60.8 Å². The van der Waals surface area contributed by atoms with Gasteiger partial charge < -0.3 is 13.9 Å². The van der Waals surface area contributed by atoms with Gasteiger partial charge in [-0.05, 0) is 96.1 Å². The predicted octanol–water partition coefficient (Wildman–Crippen LogP) is 14.9. The van der Waals surface area contributed by atoms with Crippen molar-refractivity contribution in [3.05, 3.63) is 230 Å². The Balaban J connectivity index is 1.13. The quantitative estimate of drug-likeness (QED) is 0.158. The standard InChI is InChI=1S/C56H36N2O/c1-5-17-41(18-6-1)55-47(35-29-39-30-36-52-50(37-39)46-25-13-15-27-51(46)58(52)44-23-11-4-12-24-44)49(38-54-56(55)48-26-14-16-28-53(48)59-54)40-31-33-45(34-32-40)57(42-19-7-2-8-20-42)43-21-9-3-10-22-43/h1-28,30-34,36-38H. The van der Waals surface area contributed by atoms with E-state index in [0.717, 1.165) is 83.6 Å². The molecule has 0 N–H and O–H groups in total. The van der Waals surface area contributed by atoms with E-state index >= 15 is 0 Å². The second-order valence-corrected chi connectivity index (χ2v) is 14.7. The minimum atomic E-state index is 0.833. The Hall–Kier alpha value is -8.06. The summed E-state index contributed by atoms with van der Waals surface area (Å²) in [5.41, 5.74) is 14.5. The number of furan rings is 1. The highest BCUT2D eigenvalue weighted by Gasteiger charge is 2.21. The summed E-state index contributed by atoms with van der Waals surface area (Å²) in [7, 11) is 0. The molecule has 0 aliphatic heterocycles. The summed E-state index contributed by atoms with van der Waals surface area (Å²) in [5.74, 6) is 7.44. The van der Waals surface area contributed by atoms with E-state index in [2.05, 4.69) is 228 Å². The lowest BCUT2D eigenvalue weighted by Crippen LogP contribution is -2.09. The number of anilines is 3. The SMILES string of the molecule is C(#Cc1c(-c2ccc(N(c3ccccc3)c3ccccc3)cc2)cc2oc3ccccc3c2c1-c1ccccc1)c1ccc2c(c1)c1ccccc1n2-c1ccccc1. The molecular weight excluding hydrogens is 717 g/mol. The summed E-state index contributed by atoms with van der Waals surface area (Å²) in [4.78, 5) is 2.28. The molecule has 0 radical (unpaired) electrons. The van der Waals surface area contributed by atoms with Crippen molar-refractivity contribution < 1.29 is 4.42 Å². The van der Waals surface area contributed by atoms with Crippen molar-refractivity contribution in [3.8, 4) is 39.8 Å². The predicted molar refractivity (Wildman–Crippen MR) is 246 cm³/mol. The van der Waals surface area contributed by atoms with Crippen LogP contribution in [0.3, 0.4) is 0 Å². The number of fused-ring (bicyclic) bond motifs is 6. The van der Waals surface area contributed by atoms with Crippen LogP contribution in [0.25, 0.3) is 71.7 Å². The van der Waals surface area contributed by atoms with Crippen LogP contribution in [-0.4, -0.2) is 4.57 Å². The van der Waals surface area contributed by atoms with Gasteiger partial charge in [0.25, 0.3) is 0 Å². The smallest absolute Gasteiger partial charge is 0.136 e. The number of hydrogen-bond donors (Lipinski definition) is 0. The monoisotopic (exact) mass is 752 g/mol. The average molecular weight is 753 g/mol. The van der Waals surface area contributed by atoms with Gasteiger partial charge in [-0.3, -0.25) is 0 Å².